The van der Waals surface area contributed by atoms with Crippen molar-refractivity contribution in [3.63, 3.8) is 0 Å². The van der Waals surface area contributed by atoms with Crippen LogP contribution >= 0.6 is 0 Å². The average Bonchev–Trinajstić information content (AvgIpc) is 2.63. The van der Waals surface area contributed by atoms with E-state index >= 15 is 0 Å². The van der Waals surface area contributed by atoms with Crippen LogP contribution in [-0.4, -0.2) is 18.0 Å². The van der Waals surface area contributed by atoms with E-state index in [0.717, 1.165) is 6.42 Å². The Morgan fingerprint density at radius 3 is 1.92 bits per heavy atom. The lowest BCUT2D eigenvalue weighted by Crippen LogP contribution is -2.33. The van der Waals surface area contributed by atoms with E-state index in [1.807, 2.05) is 0 Å². The number of hydrogen-bond donors (Lipinski definition) is 0. The van der Waals surface area contributed by atoms with Gasteiger partial charge in [-0.25, -0.2) is 0 Å². The van der Waals surface area contributed by atoms with Crippen molar-refractivity contribution < 1.29 is 4.79 Å². The molecule has 25 heavy (non-hydrogen) atoms. The minimum Gasteiger partial charge on any atom is -0.297 e. The number of hydrogen-bond acceptors (Lipinski definition) is 2. The zero-order valence-electron chi connectivity index (χ0n) is 14.8. The standard InChI is InChI=1S/C13H12.C10H13NO/c1-3-7-12(8-4-1)11-13-9-5-2-6-10-13;1-5-7-10(11-4,8-6-2)9(3)12/h1-10H,11H2;1,6H,2,4,7-8H2,3H3. The van der Waals surface area contributed by atoms with E-state index in [2.05, 4.69) is 84.9 Å². The molecule has 2 aromatic carbocycles. The van der Waals surface area contributed by atoms with Gasteiger partial charge in [0.05, 0.1) is 0 Å². The third-order valence-corrected chi connectivity index (χ3v) is 3.93. The normalized spacial score (nSPS) is 11.8. The number of carbonyl (C=O) groups excluding carboxylic acids is 1. The molecule has 0 saturated carbocycles. The van der Waals surface area contributed by atoms with Crippen molar-refractivity contribution >= 4 is 12.5 Å². The minimum absolute atomic E-state index is 0.0599. The lowest BCUT2D eigenvalue weighted by Gasteiger charge is -2.22. The Bertz CT molecular complexity index is 675. The van der Waals surface area contributed by atoms with Gasteiger partial charge in [0.1, 0.15) is 5.54 Å². The predicted molar refractivity (Wildman–Crippen MR) is 107 cm³/mol. The van der Waals surface area contributed by atoms with Gasteiger partial charge < -0.3 is 0 Å². The van der Waals surface area contributed by atoms with E-state index in [1.54, 1.807) is 6.08 Å². The second-order valence-corrected chi connectivity index (χ2v) is 5.77. The maximum absolute atomic E-state index is 11.2. The molecule has 0 bridgehead atoms. The first-order chi connectivity index (χ1) is 12.1. The third-order valence-electron chi connectivity index (χ3n) is 3.93. The highest BCUT2D eigenvalue weighted by Gasteiger charge is 2.31. The summed E-state index contributed by atoms with van der Waals surface area (Å²) in [4.78, 5) is 15.0. The fourth-order valence-electron chi connectivity index (χ4n) is 2.41. The Hall–Kier alpha value is -2.92. The number of rotatable bonds is 7. The molecule has 128 valence electrons. The van der Waals surface area contributed by atoms with Gasteiger partial charge in [-0.2, -0.15) is 0 Å². The zero-order chi connectivity index (χ0) is 18.5. The summed E-state index contributed by atoms with van der Waals surface area (Å²) in [6.07, 6.45) is 8.54. The van der Waals surface area contributed by atoms with E-state index in [4.69, 9.17) is 6.42 Å². The summed E-state index contributed by atoms with van der Waals surface area (Å²) in [6, 6.07) is 21.1. The molecule has 0 saturated heterocycles. The van der Waals surface area contributed by atoms with Gasteiger partial charge in [-0.15, -0.1) is 18.9 Å². The van der Waals surface area contributed by atoms with Crippen LogP contribution in [0.2, 0.25) is 0 Å². The molecule has 1 unspecified atom stereocenters. The first kappa shape index (κ1) is 20.1. The lowest BCUT2D eigenvalue weighted by molar-refractivity contribution is -0.121. The van der Waals surface area contributed by atoms with E-state index in [0.29, 0.717) is 6.42 Å². The molecule has 2 rings (SSSR count). The summed E-state index contributed by atoms with van der Waals surface area (Å²) in [5.41, 5.74) is 1.90. The van der Waals surface area contributed by atoms with Crippen LogP contribution < -0.4 is 0 Å². The molecule has 0 amide bonds. The third kappa shape index (κ3) is 6.61. The number of carbonyl (C=O) groups is 1. The van der Waals surface area contributed by atoms with E-state index in [1.165, 1.54) is 18.1 Å². The van der Waals surface area contributed by atoms with Gasteiger partial charge in [0, 0.05) is 6.42 Å². The topological polar surface area (TPSA) is 29.4 Å². The molecule has 0 N–H and O–H groups in total. The maximum Gasteiger partial charge on any atom is 0.158 e. The van der Waals surface area contributed by atoms with Gasteiger partial charge in [-0.3, -0.25) is 9.79 Å². The number of aliphatic imine (C=N–C) groups is 1. The molecule has 2 nitrogen and oxygen atoms in total. The van der Waals surface area contributed by atoms with Gasteiger partial charge >= 0.3 is 0 Å². The summed E-state index contributed by atoms with van der Waals surface area (Å²) in [5, 5.41) is 0. The average molecular weight is 331 g/mol. The van der Waals surface area contributed by atoms with E-state index in [-0.39, 0.29) is 12.2 Å². The first-order valence-corrected chi connectivity index (χ1v) is 8.19. The van der Waals surface area contributed by atoms with Crippen LogP contribution in [0.3, 0.4) is 0 Å². The van der Waals surface area contributed by atoms with Gasteiger partial charge in [-0.1, -0.05) is 66.7 Å². The van der Waals surface area contributed by atoms with Gasteiger partial charge in [0.2, 0.25) is 0 Å². The molecule has 0 radical (unpaired) electrons. The molecule has 0 aromatic heterocycles. The SMILES string of the molecule is C#CCC(CC=C)(N=C)C(C)=O.c1ccc(Cc2ccccc2)cc1. The maximum atomic E-state index is 11.2. The molecular weight excluding hydrogens is 306 g/mol. The summed E-state index contributed by atoms with van der Waals surface area (Å²) >= 11 is 0. The largest absolute Gasteiger partial charge is 0.297 e. The smallest absolute Gasteiger partial charge is 0.158 e. The monoisotopic (exact) mass is 331 g/mol. The quantitative estimate of drug-likeness (QED) is 0.403. The number of benzene rings is 2. The van der Waals surface area contributed by atoms with Crippen LogP contribution in [0.1, 0.15) is 30.9 Å². The molecule has 0 heterocycles. The highest BCUT2D eigenvalue weighted by atomic mass is 16.1. The fourth-order valence-corrected chi connectivity index (χ4v) is 2.41. The van der Waals surface area contributed by atoms with E-state index < -0.39 is 5.54 Å². The van der Waals surface area contributed by atoms with Crippen molar-refractivity contribution in [3.05, 3.63) is 84.4 Å². The molecular formula is C23H25NO. The Labute approximate surface area is 151 Å². The molecule has 2 heteroatoms. The number of terminal acetylenes is 1. The summed E-state index contributed by atoms with van der Waals surface area (Å²) in [7, 11) is 0. The second kappa shape index (κ2) is 10.8. The van der Waals surface area contributed by atoms with E-state index in [9.17, 15) is 4.79 Å². The van der Waals surface area contributed by atoms with Gasteiger partial charge in [0.15, 0.2) is 5.78 Å². The number of ketones is 1. The van der Waals surface area contributed by atoms with Crippen molar-refractivity contribution in [1.29, 1.82) is 0 Å². The molecule has 2 aromatic rings. The molecule has 0 aliphatic heterocycles. The Morgan fingerprint density at radius 1 is 1.12 bits per heavy atom. The Morgan fingerprint density at radius 2 is 1.60 bits per heavy atom. The number of nitrogens with zero attached hydrogens (tertiary/aromatic N) is 1. The summed E-state index contributed by atoms with van der Waals surface area (Å²) in [5.74, 6) is 2.36. The van der Waals surface area contributed by atoms with Crippen molar-refractivity contribution in [2.75, 3.05) is 0 Å². The second-order valence-electron chi connectivity index (χ2n) is 5.77. The van der Waals surface area contributed by atoms with Crippen LogP contribution in [0.5, 0.6) is 0 Å². The zero-order valence-corrected chi connectivity index (χ0v) is 14.8. The van der Waals surface area contributed by atoms with Crippen LogP contribution in [0, 0.1) is 12.3 Å². The van der Waals surface area contributed by atoms with Gasteiger partial charge in [0.25, 0.3) is 0 Å². The molecule has 0 fully saturated rings. The minimum atomic E-state index is -0.837. The predicted octanol–water partition coefficient (Wildman–Crippen LogP) is 4.89. The van der Waals surface area contributed by atoms with Crippen LogP contribution in [0.25, 0.3) is 0 Å². The first-order valence-electron chi connectivity index (χ1n) is 8.19. The highest BCUT2D eigenvalue weighted by molar-refractivity contribution is 5.87. The fraction of sp³-hybridized carbons (Fsp3) is 0.217. The Balaban J connectivity index is 0.000000252. The van der Waals surface area contributed by atoms with Gasteiger partial charge in [-0.05, 0) is 37.6 Å². The van der Waals surface area contributed by atoms with Crippen molar-refractivity contribution in [1.82, 2.24) is 0 Å². The molecule has 0 aliphatic carbocycles. The van der Waals surface area contributed by atoms with Crippen molar-refractivity contribution in [2.45, 2.75) is 31.7 Å². The lowest BCUT2D eigenvalue weighted by atomic mass is 9.88. The molecule has 0 aliphatic rings. The Kier molecular flexibility index (Phi) is 8.68. The van der Waals surface area contributed by atoms with Crippen molar-refractivity contribution in [2.24, 2.45) is 4.99 Å². The summed E-state index contributed by atoms with van der Waals surface area (Å²) in [6.45, 7) is 8.39. The van der Waals surface area contributed by atoms with Crippen LogP contribution in [0.15, 0.2) is 78.3 Å². The molecule has 1 atom stereocenters. The summed E-state index contributed by atoms with van der Waals surface area (Å²) < 4.78 is 0. The highest BCUT2D eigenvalue weighted by Crippen LogP contribution is 2.21. The number of Topliss-reactive ketones (excluding diaryl/α,β-unsaturated/α-hetero) is 1. The van der Waals surface area contributed by atoms with Crippen molar-refractivity contribution in [3.8, 4) is 12.3 Å². The molecule has 0 spiro atoms. The van der Waals surface area contributed by atoms with Crippen LogP contribution in [-0.2, 0) is 11.2 Å². The van der Waals surface area contributed by atoms with Crippen LogP contribution in [0.4, 0.5) is 0 Å².